The van der Waals surface area contributed by atoms with Gasteiger partial charge in [-0.3, -0.25) is 4.79 Å². The van der Waals surface area contributed by atoms with E-state index in [4.69, 9.17) is 0 Å². The molecular formula is C20H25F2N5O. The molecule has 0 bridgehead atoms. The van der Waals surface area contributed by atoms with E-state index in [-0.39, 0.29) is 11.6 Å². The third kappa shape index (κ3) is 4.94. The molecule has 28 heavy (non-hydrogen) atoms. The largest absolute Gasteiger partial charge is 0.363 e. The van der Waals surface area contributed by atoms with Crippen LogP contribution < -0.4 is 15.5 Å². The van der Waals surface area contributed by atoms with Gasteiger partial charge in [-0.15, -0.1) is 0 Å². The second-order valence-corrected chi connectivity index (χ2v) is 7.31. The molecule has 6 nitrogen and oxygen atoms in total. The fourth-order valence-electron chi connectivity index (χ4n) is 3.37. The highest BCUT2D eigenvalue weighted by Gasteiger charge is 2.23. The van der Waals surface area contributed by atoms with Gasteiger partial charge in [0.25, 0.3) is 5.91 Å². The zero-order valence-corrected chi connectivity index (χ0v) is 16.1. The monoisotopic (exact) mass is 389 g/mol. The summed E-state index contributed by atoms with van der Waals surface area (Å²) in [5.74, 6) is -0.922. The summed E-state index contributed by atoms with van der Waals surface area (Å²) in [4.78, 5) is 22.8. The molecule has 2 N–H and O–H groups in total. The van der Waals surface area contributed by atoms with Crippen LogP contribution in [0.25, 0.3) is 0 Å². The quantitative estimate of drug-likeness (QED) is 0.794. The summed E-state index contributed by atoms with van der Waals surface area (Å²) in [6, 6.07) is 5.75. The van der Waals surface area contributed by atoms with Crippen LogP contribution in [0.3, 0.4) is 0 Å². The number of hydrogen-bond donors (Lipinski definition) is 2. The van der Waals surface area contributed by atoms with Crippen molar-refractivity contribution >= 4 is 17.7 Å². The van der Waals surface area contributed by atoms with Gasteiger partial charge >= 0.3 is 0 Å². The van der Waals surface area contributed by atoms with Crippen molar-refractivity contribution < 1.29 is 13.6 Å². The van der Waals surface area contributed by atoms with Gasteiger partial charge in [0.15, 0.2) is 11.6 Å². The summed E-state index contributed by atoms with van der Waals surface area (Å²) >= 11 is 0. The molecule has 150 valence electrons. The van der Waals surface area contributed by atoms with Crippen LogP contribution in [0.2, 0.25) is 0 Å². The molecule has 0 radical (unpaired) electrons. The van der Waals surface area contributed by atoms with E-state index in [0.29, 0.717) is 18.4 Å². The van der Waals surface area contributed by atoms with Crippen LogP contribution in [0.1, 0.15) is 36.0 Å². The van der Waals surface area contributed by atoms with E-state index in [1.165, 1.54) is 12.1 Å². The SMILES string of the molecule is CN(C)c1ccnc(NC2CCC(CNC(=O)c3cccc(F)c3F)CC2)n1. The fraction of sp³-hybridized carbons (Fsp3) is 0.450. The Bertz CT molecular complexity index is 822. The minimum atomic E-state index is -1.10. The molecule has 0 saturated heterocycles. The molecule has 1 saturated carbocycles. The van der Waals surface area contributed by atoms with Crippen LogP contribution in [-0.2, 0) is 0 Å². The molecule has 3 rings (SSSR count). The van der Waals surface area contributed by atoms with Gasteiger partial charge in [-0.2, -0.15) is 4.98 Å². The molecular weight excluding hydrogens is 364 g/mol. The Hall–Kier alpha value is -2.77. The smallest absolute Gasteiger partial charge is 0.254 e. The number of hydrogen-bond acceptors (Lipinski definition) is 5. The van der Waals surface area contributed by atoms with Crippen LogP contribution in [-0.4, -0.2) is 42.6 Å². The molecule has 0 unspecified atom stereocenters. The van der Waals surface area contributed by atoms with E-state index < -0.39 is 17.5 Å². The molecule has 1 aliphatic carbocycles. The second kappa shape index (κ2) is 8.95. The van der Waals surface area contributed by atoms with E-state index in [9.17, 15) is 13.6 Å². The molecule has 1 amide bonds. The van der Waals surface area contributed by atoms with Gasteiger partial charge in [-0.25, -0.2) is 13.8 Å². The Morgan fingerprint density at radius 3 is 2.64 bits per heavy atom. The van der Waals surface area contributed by atoms with Gasteiger partial charge in [0.2, 0.25) is 5.95 Å². The number of aromatic nitrogens is 2. The third-order valence-electron chi connectivity index (χ3n) is 5.03. The van der Waals surface area contributed by atoms with E-state index in [1.807, 2.05) is 25.1 Å². The molecule has 1 aromatic heterocycles. The zero-order chi connectivity index (χ0) is 20.1. The van der Waals surface area contributed by atoms with Crippen molar-refractivity contribution in [3.63, 3.8) is 0 Å². The first kappa shape index (κ1) is 20.0. The number of anilines is 2. The molecule has 1 fully saturated rings. The Morgan fingerprint density at radius 2 is 1.93 bits per heavy atom. The van der Waals surface area contributed by atoms with Crippen molar-refractivity contribution in [1.29, 1.82) is 0 Å². The number of rotatable bonds is 6. The topological polar surface area (TPSA) is 70.2 Å². The minimum Gasteiger partial charge on any atom is -0.363 e. The van der Waals surface area contributed by atoms with Gasteiger partial charge in [-0.05, 0) is 49.8 Å². The predicted molar refractivity (Wildman–Crippen MR) is 104 cm³/mol. The number of carbonyl (C=O) groups is 1. The molecule has 8 heteroatoms. The van der Waals surface area contributed by atoms with Gasteiger partial charge < -0.3 is 15.5 Å². The number of halogens is 2. The second-order valence-electron chi connectivity index (χ2n) is 7.31. The predicted octanol–water partition coefficient (Wildman–Crippen LogP) is 3.22. The Morgan fingerprint density at radius 1 is 1.18 bits per heavy atom. The van der Waals surface area contributed by atoms with Crippen molar-refractivity contribution in [1.82, 2.24) is 15.3 Å². The lowest BCUT2D eigenvalue weighted by atomic mass is 9.86. The normalized spacial score (nSPS) is 19.1. The average Bonchev–Trinajstić information content (AvgIpc) is 2.69. The highest BCUT2D eigenvalue weighted by Crippen LogP contribution is 2.26. The maximum atomic E-state index is 13.7. The molecule has 0 spiro atoms. The lowest BCUT2D eigenvalue weighted by Crippen LogP contribution is -2.34. The number of amides is 1. The Labute approximate surface area is 163 Å². The van der Waals surface area contributed by atoms with Crippen LogP contribution >= 0.6 is 0 Å². The lowest BCUT2D eigenvalue weighted by Gasteiger charge is -2.29. The summed E-state index contributed by atoms with van der Waals surface area (Å²) in [6.07, 6.45) is 5.46. The van der Waals surface area contributed by atoms with Crippen molar-refractivity contribution in [3.8, 4) is 0 Å². The van der Waals surface area contributed by atoms with Crippen molar-refractivity contribution in [2.24, 2.45) is 5.92 Å². The highest BCUT2D eigenvalue weighted by atomic mass is 19.2. The summed E-state index contributed by atoms with van der Waals surface area (Å²) in [6.45, 7) is 0.453. The first-order valence-electron chi connectivity index (χ1n) is 9.43. The number of nitrogens with one attached hydrogen (secondary N) is 2. The van der Waals surface area contributed by atoms with Gasteiger partial charge in [0.1, 0.15) is 5.82 Å². The Kier molecular flexibility index (Phi) is 6.38. The number of nitrogens with zero attached hydrogens (tertiary/aromatic N) is 3. The first-order chi connectivity index (χ1) is 13.4. The molecule has 1 heterocycles. The van der Waals surface area contributed by atoms with Crippen molar-refractivity contribution in [2.75, 3.05) is 30.9 Å². The van der Waals surface area contributed by atoms with Crippen LogP contribution in [0.4, 0.5) is 20.5 Å². The van der Waals surface area contributed by atoms with Gasteiger partial charge in [0.05, 0.1) is 5.56 Å². The summed E-state index contributed by atoms with van der Waals surface area (Å²) in [5, 5.41) is 6.10. The van der Waals surface area contributed by atoms with E-state index in [2.05, 4.69) is 20.6 Å². The third-order valence-corrected chi connectivity index (χ3v) is 5.03. The van der Waals surface area contributed by atoms with Crippen LogP contribution in [0.5, 0.6) is 0 Å². The summed E-state index contributed by atoms with van der Waals surface area (Å²) in [7, 11) is 3.86. The molecule has 0 aliphatic heterocycles. The van der Waals surface area contributed by atoms with Crippen LogP contribution in [0, 0.1) is 17.6 Å². The van der Waals surface area contributed by atoms with E-state index >= 15 is 0 Å². The highest BCUT2D eigenvalue weighted by molar-refractivity contribution is 5.94. The summed E-state index contributed by atoms with van der Waals surface area (Å²) < 4.78 is 26.9. The minimum absolute atomic E-state index is 0.256. The van der Waals surface area contributed by atoms with Gasteiger partial charge in [-0.1, -0.05) is 6.07 Å². The number of carbonyl (C=O) groups excluding carboxylic acids is 1. The lowest BCUT2D eigenvalue weighted by molar-refractivity contribution is 0.0938. The fourth-order valence-corrected chi connectivity index (χ4v) is 3.37. The van der Waals surface area contributed by atoms with E-state index in [1.54, 1.807) is 6.20 Å². The first-order valence-corrected chi connectivity index (χ1v) is 9.43. The zero-order valence-electron chi connectivity index (χ0n) is 16.1. The molecule has 2 aromatic rings. The maximum Gasteiger partial charge on any atom is 0.254 e. The standard InChI is InChI=1S/C20H25F2N5O/c1-27(2)17-10-11-23-20(26-17)25-14-8-6-13(7-9-14)12-24-19(28)15-4-3-5-16(21)18(15)22/h3-5,10-11,13-14H,6-9,12H2,1-2H3,(H,24,28)(H,23,25,26). The van der Waals surface area contributed by atoms with Crippen LogP contribution in [0.15, 0.2) is 30.5 Å². The molecule has 1 aromatic carbocycles. The number of benzene rings is 1. The Balaban J connectivity index is 1.46. The average molecular weight is 389 g/mol. The van der Waals surface area contributed by atoms with Crippen molar-refractivity contribution in [2.45, 2.75) is 31.7 Å². The van der Waals surface area contributed by atoms with Crippen molar-refractivity contribution in [3.05, 3.63) is 47.7 Å². The van der Waals surface area contributed by atoms with E-state index in [0.717, 1.165) is 37.6 Å². The van der Waals surface area contributed by atoms with Gasteiger partial charge in [0, 0.05) is 32.9 Å². The maximum absolute atomic E-state index is 13.7. The summed E-state index contributed by atoms with van der Waals surface area (Å²) in [5.41, 5.74) is -0.256. The molecule has 1 aliphatic rings. The molecule has 0 atom stereocenters.